The summed E-state index contributed by atoms with van der Waals surface area (Å²) in [5.41, 5.74) is 5.99. The molecule has 0 aliphatic carbocycles. The third-order valence-electron chi connectivity index (χ3n) is 4.33. The molecule has 2 aromatic carbocycles. The highest BCUT2D eigenvalue weighted by atomic mass is 32.2. The van der Waals surface area contributed by atoms with E-state index in [0.29, 0.717) is 11.1 Å². The number of hydrogen-bond donors (Lipinski definition) is 0. The van der Waals surface area contributed by atoms with Crippen molar-refractivity contribution < 1.29 is 4.79 Å². The Labute approximate surface area is 161 Å². The predicted molar refractivity (Wildman–Crippen MR) is 114 cm³/mol. The van der Waals surface area contributed by atoms with Gasteiger partial charge in [0.15, 0.2) is 5.78 Å². The summed E-state index contributed by atoms with van der Waals surface area (Å²) < 4.78 is 1.31. The van der Waals surface area contributed by atoms with Crippen LogP contribution in [0.15, 0.2) is 68.3 Å². The minimum Gasteiger partial charge on any atom is -0.289 e. The molecule has 4 rings (SSSR count). The molecule has 2 aliphatic heterocycles. The van der Waals surface area contributed by atoms with Crippen molar-refractivity contribution in [1.29, 1.82) is 0 Å². The topological polar surface area (TPSA) is 41.8 Å². The molecule has 1 saturated heterocycles. The minimum atomic E-state index is 0.00619. The average Bonchev–Trinajstić information content (AvgIpc) is 3.13. The molecule has 0 aromatic heterocycles. The molecule has 0 amide bonds. The van der Waals surface area contributed by atoms with E-state index in [0.717, 1.165) is 39.9 Å². The third-order valence-corrected chi connectivity index (χ3v) is 7.04. The molecule has 0 saturated carbocycles. The van der Waals surface area contributed by atoms with Crippen molar-refractivity contribution in [3.8, 4) is 0 Å². The smallest absolute Gasteiger partial charge is 0.193 e. The summed E-state index contributed by atoms with van der Waals surface area (Å²) in [5.74, 6) is 2.27. The molecule has 3 nitrogen and oxygen atoms in total. The quantitative estimate of drug-likeness (QED) is 0.620. The standard InChI is InChI=1S/C21H18N2OS2/c1-13-19(21-25-10-11-26-21)14(2)23-18-12-16(8-9-17(18)22-13)20(24)15-6-4-3-5-7-15/h3-9,12H,10-11H2,1-2H3. The van der Waals surface area contributed by atoms with Gasteiger partial charge >= 0.3 is 0 Å². The number of ketones is 1. The first-order valence-electron chi connectivity index (χ1n) is 8.48. The van der Waals surface area contributed by atoms with E-state index in [9.17, 15) is 4.79 Å². The summed E-state index contributed by atoms with van der Waals surface area (Å²) in [4.78, 5) is 22.4. The van der Waals surface area contributed by atoms with Crippen LogP contribution < -0.4 is 0 Å². The van der Waals surface area contributed by atoms with Crippen molar-refractivity contribution in [1.82, 2.24) is 0 Å². The lowest BCUT2D eigenvalue weighted by Gasteiger charge is -2.07. The molecule has 0 spiro atoms. The van der Waals surface area contributed by atoms with E-state index in [2.05, 4.69) is 0 Å². The summed E-state index contributed by atoms with van der Waals surface area (Å²) in [6.07, 6.45) is 0. The Morgan fingerprint density at radius 3 is 2.19 bits per heavy atom. The Bertz CT molecular complexity index is 967. The molecule has 2 aromatic rings. The van der Waals surface area contributed by atoms with Crippen LogP contribution >= 0.6 is 23.5 Å². The normalized spacial score (nSPS) is 16.7. The molecule has 2 heterocycles. The molecule has 0 N–H and O–H groups in total. The second-order valence-electron chi connectivity index (χ2n) is 6.15. The minimum absolute atomic E-state index is 0.00619. The third kappa shape index (κ3) is 3.29. The summed E-state index contributed by atoms with van der Waals surface area (Å²) >= 11 is 3.75. The first-order valence-corrected chi connectivity index (χ1v) is 10.5. The van der Waals surface area contributed by atoms with Crippen molar-refractivity contribution in [2.24, 2.45) is 9.98 Å². The summed E-state index contributed by atoms with van der Waals surface area (Å²) in [7, 11) is 0. The second kappa shape index (κ2) is 7.25. The fourth-order valence-corrected chi connectivity index (χ4v) is 5.84. The molecule has 0 radical (unpaired) electrons. The fourth-order valence-electron chi connectivity index (χ4n) is 3.09. The maximum Gasteiger partial charge on any atom is 0.193 e. The van der Waals surface area contributed by atoms with Gasteiger partial charge in [-0.3, -0.25) is 14.8 Å². The maximum atomic E-state index is 12.7. The highest BCUT2D eigenvalue weighted by molar-refractivity contribution is 8.25. The Hall–Kier alpha value is -2.11. The Morgan fingerprint density at radius 1 is 0.846 bits per heavy atom. The second-order valence-corrected chi connectivity index (χ2v) is 8.62. The van der Waals surface area contributed by atoms with Crippen molar-refractivity contribution >= 4 is 52.1 Å². The van der Waals surface area contributed by atoms with Crippen LogP contribution in [0.5, 0.6) is 0 Å². The number of allylic oxidation sites excluding steroid dienone is 1. The first kappa shape index (κ1) is 17.3. The zero-order chi connectivity index (χ0) is 18.1. The van der Waals surface area contributed by atoms with Gasteiger partial charge in [-0.1, -0.05) is 30.3 Å². The van der Waals surface area contributed by atoms with Gasteiger partial charge in [0.1, 0.15) is 0 Å². The van der Waals surface area contributed by atoms with Crippen LogP contribution in [0.3, 0.4) is 0 Å². The Balaban J connectivity index is 1.78. The van der Waals surface area contributed by atoms with Crippen LogP contribution in [0.2, 0.25) is 0 Å². The van der Waals surface area contributed by atoms with E-state index >= 15 is 0 Å². The fraction of sp³-hybridized carbons (Fsp3) is 0.190. The summed E-state index contributed by atoms with van der Waals surface area (Å²) in [5, 5.41) is 0. The zero-order valence-electron chi connectivity index (χ0n) is 14.7. The van der Waals surface area contributed by atoms with Crippen LogP contribution in [-0.2, 0) is 0 Å². The number of carbonyl (C=O) groups excluding carboxylic acids is 1. The van der Waals surface area contributed by atoms with Gasteiger partial charge in [0.2, 0.25) is 0 Å². The number of hydrogen-bond acceptors (Lipinski definition) is 5. The van der Waals surface area contributed by atoms with Crippen molar-refractivity contribution in [2.45, 2.75) is 13.8 Å². The van der Waals surface area contributed by atoms with E-state index in [-0.39, 0.29) is 5.78 Å². The SMILES string of the molecule is CC1=Nc2ccc(C(=O)c3ccccc3)cc2N=C(C)C1=C1SCCS1. The summed E-state index contributed by atoms with van der Waals surface area (Å²) in [6, 6.07) is 14.9. The van der Waals surface area contributed by atoms with Gasteiger partial charge in [-0.25, -0.2) is 0 Å². The van der Waals surface area contributed by atoms with Gasteiger partial charge in [0.05, 0.1) is 15.6 Å². The maximum absolute atomic E-state index is 12.7. The van der Waals surface area contributed by atoms with E-state index in [1.165, 1.54) is 4.24 Å². The Morgan fingerprint density at radius 2 is 1.50 bits per heavy atom. The number of carbonyl (C=O) groups is 1. The Kier molecular flexibility index (Phi) is 4.83. The van der Waals surface area contributed by atoms with E-state index in [1.807, 2.05) is 85.9 Å². The number of benzene rings is 2. The molecule has 0 bridgehead atoms. The molecule has 0 atom stereocenters. The van der Waals surface area contributed by atoms with Crippen molar-refractivity contribution in [2.75, 3.05) is 11.5 Å². The van der Waals surface area contributed by atoms with E-state index in [1.54, 1.807) is 0 Å². The number of fused-ring (bicyclic) bond motifs is 1. The molecule has 0 unspecified atom stereocenters. The largest absolute Gasteiger partial charge is 0.289 e. The highest BCUT2D eigenvalue weighted by Crippen LogP contribution is 2.42. The molecule has 130 valence electrons. The molecule has 5 heteroatoms. The van der Waals surface area contributed by atoms with Gasteiger partial charge in [0, 0.05) is 39.6 Å². The van der Waals surface area contributed by atoms with Gasteiger partial charge in [-0.05, 0) is 32.0 Å². The zero-order valence-corrected chi connectivity index (χ0v) is 16.3. The number of aliphatic imine (C=N–C) groups is 2. The molecular weight excluding hydrogens is 360 g/mol. The van der Waals surface area contributed by atoms with Crippen molar-refractivity contribution in [3.63, 3.8) is 0 Å². The van der Waals surface area contributed by atoms with Crippen LogP contribution in [0.1, 0.15) is 29.8 Å². The number of nitrogens with zero attached hydrogens (tertiary/aromatic N) is 2. The summed E-state index contributed by atoms with van der Waals surface area (Å²) in [6.45, 7) is 4.07. The lowest BCUT2D eigenvalue weighted by Crippen LogP contribution is -2.07. The lowest BCUT2D eigenvalue weighted by atomic mass is 10.0. The van der Waals surface area contributed by atoms with Crippen LogP contribution in [0, 0.1) is 0 Å². The monoisotopic (exact) mass is 378 g/mol. The molecular formula is C21H18N2OS2. The van der Waals surface area contributed by atoms with Gasteiger partial charge in [-0.15, -0.1) is 23.5 Å². The van der Waals surface area contributed by atoms with E-state index in [4.69, 9.17) is 9.98 Å². The number of rotatable bonds is 2. The van der Waals surface area contributed by atoms with Crippen molar-refractivity contribution in [3.05, 3.63) is 69.5 Å². The molecule has 1 fully saturated rings. The predicted octanol–water partition coefficient (Wildman–Crippen LogP) is 5.81. The average molecular weight is 379 g/mol. The van der Waals surface area contributed by atoms with Gasteiger partial charge in [0.25, 0.3) is 0 Å². The van der Waals surface area contributed by atoms with Gasteiger partial charge < -0.3 is 0 Å². The highest BCUT2D eigenvalue weighted by Gasteiger charge is 2.22. The van der Waals surface area contributed by atoms with Crippen LogP contribution in [-0.4, -0.2) is 28.7 Å². The van der Waals surface area contributed by atoms with Crippen LogP contribution in [0.25, 0.3) is 0 Å². The number of thioether (sulfide) groups is 2. The van der Waals surface area contributed by atoms with Crippen LogP contribution in [0.4, 0.5) is 11.4 Å². The van der Waals surface area contributed by atoms with E-state index < -0.39 is 0 Å². The first-order chi connectivity index (χ1) is 12.6. The lowest BCUT2D eigenvalue weighted by molar-refractivity contribution is 0.103. The molecule has 26 heavy (non-hydrogen) atoms. The van der Waals surface area contributed by atoms with Gasteiger partial charge in [-0.2, -0.15) is 0 Å². The molecule has 2 aliphatic rings.